The minimum Gasteiger partial charge on any atom is -0.495 e. The Kier molecular flexibility index (Phi) is 5.63. The molecule has 0 aliphatic carbocycles. The van der Waals surface area contributed by atoms with Gasteiger partial charge in [-0.1, -0.05) is 18.2 Å². The molecule has 2 heterocycles. The predicted molar refractivity (Wildman–Crippen MR) is 120 cm³/mol. The Morgan fingerprint density at radius 1 is 0.906 bits per heavy atom. The maximum atomic E-state index is 12.9. The fraction of sp³-hybridized carbons (Fsp3) is 0.217. The van der Waals surface area contributed by atoms with E-state index in [1.165, 1.54) is 0 Å². The van der Waals surface area contributed by atoms with Crippen LogP contribution in [-0.4, -0.2) is 47.0 Å². The van der Waals surface area contributed by atoms with Crippen molar-refractivity contribution >= 4 is 17.2 Å². The number of anilines is 1. The highest BCUT2D eigenvalue weighted by molar-refractivity contribution is 6.04. The maximum absolute atomic E-state index is 12.9. The lowest BCUT2D eigenvalue weighted by molar-refractivity contribution is 0.101. The van der Waals surface area contributed by atoms with Crippen molar-refractivity contribution in [2.45, 2.75) is 13.8 Å². The van der Waals surface area contributed by atoms with Crippen LogP contribution in [0.3, 0.4) is 0 Å². The molecule has 0 aliphatic heterocycles. The van der Waals surface area contributed by atoms with E-state index in [4.69, 9.17) is 14.2 Å². The van der Waals surface area contributed by atoms with Crippen LogP contribution in [-0.2, 0) is 0 Å². The van der Waals surface area contributed by atoms with Gasteiger partial charge in [-0.05, 0) is 43.7 Å². The Morgan fingerprint density at radius 2 is 1.62 bits per heavy atom. The number of nitrogens with one attached hydrogen (secondary N) is 1. The Labute approximate surface area is 185 Å². The van der Waals surface area contributed by atoms with Crippen molar-refractivity contribution in [2.24, 2.45) is 0 Å². The van der Waals surface area contributed by atoms with Gasteiger partial charge in [0, 0.05) is 0 Å². The highest BCUT2D eigenvalue weighted by atomic mass is 16.5. The first kappa shape index (κ1) is 21.1. The Morgan fingerprint density at radius 3 is 2.34 bits per heavy atom. The zero-order chi connectivity index (χ0) is 22.8. The Bertz CT molecular complexity index is 1320. The number of ether oxygens (including phenoxy) is 3. The molecule has 4 aromatic rings. The monoisotopic (exact) mass is 433 g/mol. The van der Waals surface area contributed by atoms with Crippen LogP contribution in [0, 0.1) is 13.8 Å². The summed E-state index contributed by atoms with van der Waals surface area (Å²) in [5.41, 5.74) is 4.23. The molecule has 0 spiro atoms. The average molecular weight is 433 g/mol. The minimum absolute atomic E-state index is 0.171. The van der Waals surface area contributed by atoms with Crippen molar-refractivity contribution in [3.8, 4) is 28.4 Å². The first-order chi connectivity index (χ1) is 15.5. The summed E-state index contributed by atoms with van der Waals surface area (Å²) in [6, 6.07) is 12.8. The van der Waals surface area contributed by atoms with Crippen molar-refractivity contribution in [3.05, 3.63) is 59.5 Å². The molecular weight excluding hydrogens is 410 g/mol. The molecule has 0 saturated heterocycles. The molecule has 1 amide bonds. The van der Waals surface area contributed by atoms with E-state index in [0.717, 1.165) is 16.8 Å². The maximum Gasteiger partial charge on any atom is 0.278 e. The molecule has 0 aliphatic rings. The summed E-state index contributed by atoms with van der Waals surface area (Å²) < 4.78 is 17.7. The van der Waals surface area contributed by atoms with Crippen LogP contribution in [0.1, 0.15) is 21.9 Å². The van der Waals surface area contributed by atoms with Crippen LogP contribution in [0.4, 0.5) is 5.69 Å². The molecule has 0 unspecified atom stereocenters. The number of benzene rings is 2. The summed E-state index contributed by atoms with van der Waals surface area (Å²) in [6.07, 6.45) is 0. The lowest BCUT2D eigenvalue weighted by atomic mass is 10.1. The molecule has 0 fully saturated rings. The van der Waals surface area contributed by atoms with E-state index in [1.807, 2.05) is 37.3 Å². The van der Waals surface area contributed by atoms with Gasteiger partial charge in [-0.25, -0.2) is 4.52 Å². The smallest absolute Gasteiger partial charge is 0.278 e. The molecule has 2 aromatic carbocycles. The highest BCUT2D eigenvalue weighted by Gasteiger charge is 2.21. The number of hydrogen-bond acceptors (Lipinski definition) is 7. The number of rotatable bonds is 6. The Balaban J connectivity index is 1.76. The van der Waals surface area contributed by atoms with E-state index >= 15 is 0 Å². The fourth-order valence-electron chi connectivity index (χ4n) is 3.58. The standard InChI is InChI=1S/C23H23N5O4/c1-13-20(15-10-11-18(31-4)19(12-15)32-5)22-26-25-21(14(2)28(22)27-13)23(29)24-16-8-6-7-9-17(16)30-3/h6-12H,1-5H3,(H,24,29). The molecule has 9 nitrogen and oxygen atoms in total. The lowest BCUT2D eigenvalue weighted by Gasteiger charge is -2.11. The van der Waals surface area contributed by atoms with Gasteiger partial charge in [-0.2, -0.15) is 5.10 Å². The molecule has 4 rings (SSSR count). The second-order valence-corrected chi connectivity index (χ2v) is 7.05. The normalized spacial score (nSPS) is 10.8. The van der Waals surface area contributed by atoms with Crippen LogP contribution in [0.25, 0.3) is 16.8 Å². The van der Waals surface area contributed by atoms with Crippen LogP contribution < -0.4 is 19.5 Å². The average Bonchev–Trinajstić information content (AvgIpc) is 3.15. The Hall–Kier alpha value is -4.14. The fourth-order valence-corrected chi connectivity index (χ4v) is 3.58. The van der Waals surface area contributed by atoms with Gasteiger partial charge in [-0.3, -0.25) is 4.79 Å². The number of amides is 1. The summed E-state index contributed by atoms with van der Waals surface area (Å²) in [6.45, 7) is 3.67. The molecule has 32 heavy (non-hydrogen) atoms. The molecule has 0 atom stereocenters. The number of carbonyl (C=O) groups excluding carboxylic acids is 1. The second kappa shape index (κ2) is 8.54. The lowest BCUT2D eigenvalue weighted by Crippen LogP contribution is -2.19. The van der Waals surface area contributed by atoms with Crippen molar-refractivity contribution in [3.63, 3.8) is 0 Å². The van der Waals surface area contributed by atoms with Crippen LogP contribution in [0.15, 0.2) is 42.5 Å². The third kappa shape index (κ3) is 3.58. The molecule has 2 aromatic heterocycles. The third-order valence-corrected chi connectivity index (χ3v) is 5.18. The molecule has 164 valence electrons. The number of fused-ring (bicyclic) bond motifs is 1. The van der Waals surface area contributed by atoms with Gasteiger partial charge in [0.15, 0.2) is 22.8 Å². The zero-order valence-electron chi connectivity index (χ0n) is 18.5. The first-order valence-electron chi connectivity index (χ1n) is 9.87. The molecule has 0 saturated carbocycles. The first-order valence-corrected chi connectivity index (χ1v) is 9.87. The molecule has 0 bridgehead atoms. The van der Waals surface area contributed by atoms with Gasteiger partial charge in [-0.15, -0.1) is 10.2 Å². The van der Waals surface area contributed by atoms with Crippen molar-refractivity contribution in [1.82, 2.24) is 19.8 Å². The van der Waals surface area contributed by atoms with Gasteiger partial charge in [0.2, 0.25) is 0 Å². The van der Waals surface area contributed by atoms with Crippen molar-refractivity contribution < 1.29 is 19.0 Å². The van der Waals surface area contributed by atoms with Gasteiger partial charge in [0.25, 0.3) is 5.91 Å². The molecule has 0 radical (unpaired) electrons. The van der Waals surface area contributed by atoms with Gasteiger partial charge in [0.05, 0.1) is 44.0 Å². The number of para-hydroxylation sites is 2. The van der Waals surface area contributed by atoms with Crippen LogP contribution >= 0.6 is 0 Å². The number of methoxy groups -OCH3 is 3. The van der Waals surface area contributed by atoms with E-state index in [0.29, 0.717) is 34.3 Å². The van der Waals surface area contributed by atoms with E-state index < -0.39 is 5.91 Å². The van der Waals surface area contributed by atoms with Crippen molar-refractivity contribution in [2.75, 3.05) is 26.6 Å². The molecule has 9 heteroatoms. The van der Waals surface area contributed by atoms with E-state index in [9.17, 15) is 4.79 Å². The third-order valence-electron chi connectivity index (χ3n) is 5.18. The van der Waals surface area contributed by atoms with Crippen molar-refractivity contribution in [1.29, 1.82) is 0 Å². The number of carbonyl (C=O) groups is 1. The van der Waals surface area contributed by atoms with Gasteiger partial charge in [0.1, 0.15) is 5.75 Å². The minimum atomic E-state index is -0.401. The SMILES string of the molecule is COc1ccccc1NC(=O)c1nnc2c(-c3ccc(OC)c(OC)c3)c(C)nn2c1C. The van der Waals surface area contributed by atoms with E-state index in [1.54, 1.807) is 44.9 Å². The van der Waals surface area contributed by atoms with Crippen LogP contribution in [0.2, 0.25) is 0 Å². The number of aryl methyl sites for hydroxylation is 2. The summed E-state index contributed by atoms with van der Waals surface area (Å²) in [5, 5.41) is 16.0. The predicted octanol–water partition coefficient (Wildman–Crippen LogP) is 3.69. The highest BCUT2D eigenvalue weighted by Crippen LogP contribution is 2.35. The number of aromatic nitrogens is 4. The summed E-state index contributed by atoms with van der Waals surface area (Å²) in [7, 11) is 4.72. The summed E-state index contributed by atoms with van der Waals surface area (Å²) >= 11 is 0. The number of hydrogen-bond donors (Lipinski definition) is 1. The quantitative estimate of drug-likeness (QED) is 0.495. The van der Waals surface area contributed by atoms with E-state index in [-0.39, 0.29) is 5.69 Å². The van der Waals surface area contributed by atoms with Gasteiger partial charge < -0.3 is 19.5 Å². The largest absolute Gasteiger partial charge is 0.495 e. The number of nitrogens with zero attached hydrogens (tertiary/aromatic N) is 4. The van der Waals surface area contributed by atoms with E-state index in [2.05, 4.69) is 20.6 Å². The molecular formula is C23H23N5O4. The summed E-state index contributed by atoms with van der Waals surface area (Å²) in [4.78, 5) is 12.9. The summed E-state index contributed by atoms with van der Waals surface area (Å²) in [5.74, 6) is 1.38. The zero-order valence-corrected chi connectivity index (χ0v) is 18.5. The topological polar surface area (TPSA) is 99.9 Å². The second-order valence-electron chi connectivity index (χ2n) is 7.05. The van der Waals surface area contributed by atoms with Crippen LogP contribution in [0.5, 0.6) is 17.2 Å². The molecule has 1 N–H and O–H groups in total. The van der Waals surface area contributed by atoms with Gasteiger partial charge >= 0.3 is 0 Å².